The van der Waals surface area contributed by atoms with Crippen molar-refractivity contribution in [3.05, 3.63) is 130 Å². The van der Waals surface area contributed by atoms with Crippen LogP contribution in [0.1, 0.15) is 63.5 Å². The molecule has 13 nitrogen and oxygen atoms in total. The Morgan fingerprint density at radius 3 is 1.77 bits per heavy atom. The fourth-order valence-corrected chi connectivity index (χ4v) is 4.87. The van der Waals surface area contributed by atoms with Crippen molar-refractivity contribution in [2.45, 2.75) is 50.9 Å². The summed E-state index contributed by atoms with van der Waals surface area (Å²) in [6.07, 6.45) is -2.11. The second-order valence-electron chi connectivity index (χ2n) is 10.7. The summed E-state index contributed by atoms with van der Waals surface area (Å²) >= 11 is 0. The van der Waals surface area contributed by atoms with Crippen LogP contribution < -0.4 is 16.3 Å². The van der Waals surface area contributed by atoms with E-state index >= 15 is 0 Å². The molecule has 0 unspecified atom stereocenters. The van der Waals surface area contributed by atoms with Crippen molar-refractivity contribution in [1.82, 2.24) is 14.9 Å². The van der Waals surface area contributed by atoms with Crippen molar-refractivity contribution in [2.75, 3.05) is 11.9 Å². The highest BCUT2D eigenvalue weighted by Gasteiger charge is 2.53. The third kappa shape index (κ3) is 8.50. The van der Waals surface area contributed by atoms with E-state index in [1.54, 1.807) is 54.6 Å². The normalized spacial score (nSPS) is 18.4. The van der Waals surface area contributed by atoms with Crippen LogP contribution in [0.3, 0.4) is 0 Å². The number of amides is 2. The Labute approximate surface area is 275 Å². The van der Waals surface area contributed by atoms with Crippen LogP contribution in [0.2, 0.25) is 0 Å². The maximum Gasteiger partial charge on any atom is 0.351 e. The highest BCUT2D eigenvalue weighted by Crippen LogP contribution is 2.35. The molecular weight excluding hydrogens is 620 g/mol. The van der Waals surface area contributed by atoms with Crippen LogP contribution in [0.5, 0.6) is 0 Å². The topological polar surface area (TPSA) is 164 Å². The molecule has 248 valence electrons. The molecule has 1 fully saturated rings. The van der Waals surface area contributed by atoms with Gasteiger partial charge < -0.3 is 24.3 Å². The second kappa shape index (κ2) is 16.1. The van der Waals surface area contributed by atoms with E-state index in [0.717, 1.165) is 23.8 Å². The minimum atomic E-state index is -1.62. The maximum absolute atomic E-state index is 13.4. The van der Waals surface area contributed by atoms with E-state index < -0.39 is 54.4 Å². The smallest absolute Gasteiger partial charge is 0.351 e. The van der Waals surface area contributed by atoms with E-state index in [2.05, 4.69) is 15.6 Å². The van der Waals surface area contributed by atoms with Crippen LogP contribution in [0, 0.1) is 0 Å². The van der Waals surface area contributed by atoms with Gasteiger partial charge in [-0.2, -0.15) is 4.98 Å². The van der Waals surface area contributed by atoms with Crippen LogP contribution in [0.15, 0.2) is 108 Å². The minimum absolute atomic E-state index is 0.0424. The number of anilines is 1. The summed E-state index contributed by atoms with van der Waals surface area (Å²) < 4.78 is 24.3. The highest BCUT2D eigenvalue weighted by molar-refractivity contribution is 5.91. The van der Waals surface area contributed by atoms with Crippen molar-refractivity contribution in [2.24, 2.45) is 0 Å². The predicted octanol–water partition coefficient (Wildman–Crippen LogP) is 4.72. The van der Waals surface area contributed by atoms with Gasteiger partial charge >= 0.3 is 29.6 Å². The quantitative estimate of drug-likeness (QED) is 0.124. The summed E-state index contributed by atoms with van der Waals surface area (Å²) in [5.41, 5.74) is -0.376. The van der Waals surface area contributed by atoms with Gasteiger partial charge in [-0.1, -0.05) is 74.4 Å². The standard InChI is InChI=1S/C35H34N4O9/c1-2-3-13-21-36-34(43)37-26-20-22-39(35(44)38-26)29-27(45-30(40)23-14-7-4-8-15-23)28(46-31(41)24-16-9-5-10-17-24)33(47-29)48-32(42)25-18-11-6-12-19-25/h4-12,14-20,22,27-29,33H,2-3,13,21H2,1H3,(H2,36,37,38,43,44)/t27-,28+,29+,33+/m0/s1. The molecule has 13 heteroatoms. The molecule has 0 radical (unpaired) electrons. The minimum Gasteiger partial charge on any atom is -0.450 e. The van der Waals surface area contributed by atoms with E-state index in [1.807, 2.05) is 6.92 Å². The number of carbonyl (C=O) groups is 4. The summed E-state index contributed by atoms with van der Waals surface area (Å²) in [4.78, 5) is 69.4. The number of carbonyl (C=O) groups excluding carboxylic acids is 4. The average Bonchev–Trinajstić information content (AvgIpc) is 3.42. The molecule has 1 aliphatic rings. The van der Waals surface area contributed by atoms with E-state index in [0.29, 0.717) is 6.54 Å². The molecule has 2 N–H and O–H groups in total. The maximum atomic E-state index is 13.4. The largest absolute Gasteiger partial charge is 0.450 e. The SMILES string of the molecule is CCCCCNC(=O)Nc1ccn([C@@H]2O[C@H](OC(=O)c3ccccc3)[C@H](OC(=O)c3ccccc3)[C@@H]2OC(=O)c2ccccc2)c(=O)n1. The number of esters is 3. The zero-order valence-corrected chi connectivity index (χ0v) is 26.0. The van der Waals surface area contributed by atoms with Crippen molar-refractivity contribution in [3.8, 4) is 0 Å². The Morgan fingerprint density at radius 1 is 0.729 bits per heavy atom. The molecule has 4 aromatic rings. The molecule has 48 heavy (non-hydrogen) atoms. The molecule has 1 aromatic heterocycles. The average molecular weight is 655 g/mol. The third-order valence-electron chi connectivity index (χ3n) is 7.30. The number of aromatic nitrogens is 2. The molecule has 0 bridgehead atoms. The lowest BCUT2D eigenvalue weighted by Gasteiger charge is -2.24. The Kier molecular flexibility index (Phi) is 11.3. The Hall–Kier alpha value is -5.82. The lowest BCUT2D eigenvalue weighted by Crippen LogP contribution is -2.42. The Bertz CT molecular complexity index is 1770. The fraction of sp³-hybridized carbons (Fsp3) is 0.257. The lowest BCUT2D eigenvalue weighted by atomic mass is 10.1. The van der Waals surface area contributed by atoms with Gasteiger partial charge in [-0.15, -0.1) is 0 Å². The van der Waals surface area contributed by atoms with Gasteiger partial charge in [0.05, 0.1) is 16.7 Å². The van der Waals surface area contributed by atoms with Crippen LogP contribution in [0.4, 0.5) is 10.6 Å². The number of unbranched alkanes of at least 4 members (excludes halogenated alkanes) is 2. The third-order valence-corrected chi connectivity index (χ3v) is 7.30. The predicted molar refractivity (Wildman–Crippen MR) is 172 cm³/mol. The number of urea groups is 1. The summed E-state index contributed by atoms with van der Waals surface area (Å²) in [5.74, 6) is -2.49. The van der Waals surface area contributed by atoms with Gasteiger partial charge in [-0.25, -0.2) is 24.0 Å². The van der Waals surface area contributed by atoms with Crippen molar-refractivity contribution in [3.63, 3.8) is 0 Å². The van der Waals surface area contributed by atoms with Gasteiger partial charge in [-0.3, -0.25) is 9.88 Å². The zero-order valence-electron chi connectivity index (χ0n) is 26.0. The molecule has 1 aliphatic heterocycles. The molecule has 5 rings (SSSR count). The van der Waals surface area contributed by atoms with E-state index in [9.17, 15) is 24.0 Å². The van der Waals surface area contributed by atoms with Gasteiger partial charge in [0.1, 0.15) is 5.82 Å². The van der Waals surface area contributed by atoms with Crippen LogP contribution in [0.25, 0.3) is 0 Å². The molecule has 2 amide bonds. The van der Waals surface area contributed by atoms with Crippen LogP contribution in [-0.4, -0.2) is 58.5 Å². The summed E-state index contributed by atoms with van der Waals surface area (Å²) in [7, 11) is 0. The number of nitrogens with one attached hydrogen (secondary N) is 2. The molecule has 0 spiro atoms. The summed E-state index contributed by atoms with van der Waals surface area (Å²) in [5, 5.41) is 5.21. The number of ether oxygens (including phenoxy) is 4. The monoisotopic (exact) mass is 654 g/mol. The molecule has 0 saturated carbocycles. The first-order valence-corrected chi connectivity index (χ1v) is 15.4. The Balaban J connectivity index is 1.47. The zero-order chi connectivity index (χ0) is 33.9. The Morgan fingerprint density at radius 2 is 1.25 bits per heavy atom. The van der Waals surface area contributed by atoms with Crippen molar-refractivity contribution in [1.29, 1.82) is 0 Å². The fourth-order valence-electron chi connectivity index (χ4n) is 4.87. The highest BCUT2D eigenvalue weighted by atomic mass is 16.8. The van der Waals surface area contributed by atoms with Gasteiger partial charge in [0.25, 0.3) is 0 Å². The number of hydrogen-bond donors (Lipinski definition) is 2. The van der Waals surface area contributed by atoms with Gasteiger partial charge in [0.2, 0.25) is 12.4 Å². The van der Waals surface area contributed by atoms with E-state index in [-0.39, 0.29) is 22.5 Å². The van der Waals surface area contributed by atoms with Crippen LogP contribution >= 0.6 is 0 Å². The van der Waals surface area contributed by atoms with Crippen molar-refractivity contribution < 1.29 is 38.1 Å². The first-order chi connectivity index (χ1) is 23.3. The number of rotatable bonds is 12. The van der Waals surface area contributed by atoms with Crippen LogP contribution in [-0.2, 0) is 18.9 Å². The first kappa shape index (κ1) is 33.5. The van der Waals surface area contributed by atoms with E-state index in [1.165, 1.54) is 48.7 Å². The van der Waals surface area contributed by atoms with Crippen molar-refractivity contribution >= 4 is 29.8 Å². The van der Waals surface area contributed by atoms with Gasteiger partial charge in [0, 0.05) is 12.7 Å². The molecular formula is C35H34N4O9. The van der Waals surface area contributed by atoms with E-state index in [4.69, 9.17) is 18.9 Å². The molecule has 1 saturated heterocycles. The number of benzene rings is 3. The molecule has 0 aliphatic carbocycles. The number of hydrogen-bond acceptors (Lipinski definition) is 10. The molecule has 2 heterocycles. The number of nitrogens with zero attached hydrogens (tertiary/aromatic N) is 2. The summed E-state index contributed by atoms with van der Waals surface area (Å²) in [6.45, 7) is 2.50. The molecule has 3 aromatic carbocycles. The van der Waals surface area contributed by atoms with Gasteiger partial charge in [0.15, 0.2) is 12.3 Å². The van der Waals surface area contributed by atoms with Gasteiger partial charge in [-0.05, 0) is 48.9 Å². The first-order valence-electron chi connectivity index (χ1n) is 15.4. The second-order valence-corrected chi connectivity index (χ2v) is 10.7. The lowest BCUT2D eigenvalue weighted by molar-refractivity contribution is -0.149. The molecule has 4 atom stereocenters. The summed E-state index contributed by atoms with van der Waals surface area (Å²) in [6, 6.07) is 24.9.